The van der Waals surface area contributed by atoms with Crippen LogP contribution in [0.3, 0.4) is 0 Å². The first kappa shape index (κ1) is 21.4. The topological polar surface area (TPSA) is 23.8 Å². The van der Waals surface area contributed by atoms with Gasteiger partial charge < -0.3 is 0 Å². The fourth-order valence-electron chi connectivity index (χ4n) is 3.81. The zero-order valence-corrected chi connectivity index (χ0v) is 18.2. The maximum atomic E-state index is 15.0. The van der Waals surface area contributed by atoms with Gasteiger partial charge in [0.25, 0.3) is 0 Å². The Balaban J connectivity index is 1.49. The number of nitriles is 1. The van der Waals surface area contributed by atoms with Crippen LogP contribution >= 0.6 is 0 Å². The lowest BCUT2D eigenvalue weighted by molar-refractivity contribution is 0.636. The molecule has 156 valence electrons. The number of hydrogen-bond donors (Lipinski definition) is 0. The monoisotopic (exact) mass is 417 g/mol. The summed E-state index contributed by atoms with van der Waals surface area (Å²) >= 11 is 0. The van der Waals surface area contributed by atoms with Crippen LogP contribution in [-0.2, 0) is 19.3 Å². The highest BCUT2D eigenvalue weighted by Gasteiger charge is 2.07. The fraction of sp³-hybridized carbons (Fsp3) is 0.167. The first-order valence-electron chi connectivity index (χ1n) is 11.0. The zero-order valence-electron chi connectivity index (χ0n) is 18.2. The van der Waals surface area contributed by atoms with E-state index in [2.05, 4.69) is 55.2 Å². The van der Waals surface area contributed by atoms with E-state index in [1.54, 1.807) is 30.3 Å². The summed E-state index contributed by atoms with van der Waals surface area (Å²) in [6.07, 6.45) is 4.17. The van der Waals surface area contributed by atoms with E-state index in [-0.39, 0.29) is 5.82 Å². The molecule has 1 nitrogen and oxygen atoms in total. The van der Waals surface area contributed by atoms with Gasteiger partial charge in [0.2, 0.25) is 0 Å². The van der Waals surface area contributed by atoms with Crippen molar-refractivity contribution in [3.63, 3.8) is 0 Å². The number of rotatable bonds is 5. The highest BCUT2D eigenvalue weighted by Crippen LogP contribution is 2.23. The van der Waals surface area contributed by atoms with Crippen LogP contribution in [0, 0.1) is 29.0 Å². The molecule has 0 radical (unpaired) electrons. The molecule has 0 atom stereocenters. The van der Waals surface area contributed by atoms with Gasteiger partial charge in [0.15, 0.2) is 0 Å². The molecule has 2 heteroatoms. The number of fused-ring (bicyclic) bond motifs is 1. The summed E-state index contributed by atoms with van der Waals surface area (Å²) < 4.78 is 15.0. The summed E-state index contributed by atoms with van der Waals surface area (Å²) in [6.45, 7) is 2.20. The Hall–Kier alpha value is -3.88. The van der Waals surface area contributed by atoms with Crippen molar-refractivity contribution < 1.29 is 4.39 Å². The minimum atomic E-state index is -0.290. The Morgan fingerprint density at radius 3 is 2.00 bits per heavy atom. The van der Waals surface area contributed by atoms with E-state index in [1.165, 1.54) is 16.7 Å². The summed E-state index contributed by atoms with van der Waals surface area (Å²) in [7, 11) is 0. The Morgan fingerprint density at radius 2 is 1.31 bits per heavy atom. The third-order valence-corrected chi connectivity index (χ3v) is 5.64. The number of nitrogens with zero attached hydrogens (tertiary/aromatic N) is 1. The molecule has 0 heterocycles. The number of hydrogen-bond acceptors (Lipinski definition) is 1. The Labute approximate surface area is 189 Å². The van der Waals surface area contributed by atoms with Crippen molar-refractivity contribution >= 4 is 10.8 Å². The van der Waals surface area contributed by atoms with Crippen LogP contribution in [0.5, 0.6) is 0 Å². The quantitative estimate of drug-likeness (QED) is 0.321. The van der Waals surface area contributed by atoms with E-state index >= 15 is 4.39 Å². The molecule has 0 fully saturated rings. The van der Waals surface area contributed by atoms with E-state index in [0.717, 1.165) is 36.6 Å². The van der Waals surface area contributed by atoms with Crippen LogP contribution in [0.25, 0.3) is 10.8 Å². The summed E-state index contributed by atoms with van der Waals surface area (Å²) in [5.41, 5.74) is 5.62. The Kier molecular flexibility index (Phi) is 6.64. The highest BCUT2D eigenvalue weighted by molar-refractivity contribution is 5.85. The molecule has 4 aromatic rings. The normalized spacial score (nSPS) is 10.4. The minimum absolute atomic E-state index is 0.290. The molecule has 0 saturated carbocycles. The molecule has 32 heavy (non-hydrogen) atoms. The molecule has 4 rings (SSSR count). The lowest BCUT2D eigenvalue weighted by Gasteiger charge is -2.07. The van der Waals surface area contributed by atoms with Gasteiger partial charge in [-0.2, -0.15) is 5.26 Å². The molecule has 0 unspecified atom stereocenters. The number of benzene rings is 4. The van der Waals surface area contributed by atoms with Crippen molar-refractivity contribution in [2.24, 2.45) is 0 Å². The molecule has 4 aromatic carbocycles. The highest BCUT2D eigenvalue weighted by atomic mass is 19.1. The lowest BCUT2D eigenvalue weighted by Crippen LogP contribution is -1.94. The molecular formula is C30H24FN. The van der Waals surface area contributed by atoms with Gasteiger partial charge in [0.1, 0.15) is 5.82 Å². The fourth-order valence-corrected chi connectivity index (χ4v) is 3.81. The predicted molar refractivity (Wildman–Crippen MR) is 129 cm³/mol. The third-order valence-electron chi connectivity index (χ3n) is 5.64. The van der Waals surface area contributed by atoms with Gasteiger partial charge in [0, 0.05) is 10.9 Å². The number of halogens is 1. The van der Waals surface area contributed by atoms with E-state index in [4.69, 9.17) is 5.26 Å². The van der Waals surface area contributed by atoms with Crippen LogP contribution in [0.4, 0.5) is 4.39 Å². The Bertz CT molecular complexity index is 1330. The van der Waals surface area contributed by atoms with Crippen LogP contribution in [-0.4, -0.2) is 0 Å². The lowest BCUT2D eigenvalue weighted by atomic mass is 9.98. The minimum Gasteiger partial charge on any atom is -0.205 e. The molecule has 0 saturated heterocycles. The summed E-state index contributed by atoms with van der Waals surface area (Å²) in [5.74, 6) is 5.62. The molecule has 0 bridgehead atoms. The zero-order chi connectivity index (χ0) is 22.3. The first-order valence-corrected chi connectivity index (χ1v) is 11.0. The van der Waals surface area contributed by atoms with Gasteiger partial charge in [-0.25, -0.2) is 4.39 Å². The predicted octanol–water partition coefficient (Wildman–Crippen LogP) is 6.99. The van der Waals surface area contributed by atoms with Crippen molar-refractivity contribution in [3.8, 4) is 17.9 Å². The van der Waals surface area contributed by atoms with Gasteiger partial charge >= 0.3 is 0 Å². The number of aryl methyl sites for hydroxylation is 3. The van der Waals surface area contributed by atoms with Crippen molar-refractivity contribution in [3.05, 3.63) is 118 Å². The van der Waals surface area contributed by atoms with E-state index in [0.29, 0.717) is 16.5 Å². The average molecular weight is 418 g/mol. The maximum Gasteiger partial charge on any atom is 0.146 e. The second-order valence-electron chi connectivity index (χ2n) is 7.99. The average Bonchev–Trinajstić information content (AvgIpc) is 2.84. The summed E-state index contributed by atoms with van der Waals surface area (Å²) in [4.78, 5) is 0. The van der Waals surface area contributed by atoms with Crippen LogP contribution in [0.15, 0.2) is 78.9 Å². The van der Waals surface area contributed by atoms with Gasteiger partial charge in [-0.1, -0.05) is 73.7 Å². The van der Waals surface area contributed by atoms with Gasteiger partial charge in [-0.15, -0.1) is 0 Å². The van der Waals surface area contributed by atoms with Crippen molar-refractivity contribution in [1.29, 1.82) is 5.26 Å². The molecule has 0 amide bonds. The molecule has 0 aliphatic heterocycles. The Morgan fingerprint density at radius 1 is 0.688 bits per heavy atom. The second kappa shape index (κ2) is 9.95. The van der Waals surface area contributed by atoms with Crippen molar-refractivity contribution in [2.45, 2.75) is 32.6 Å². The molecule has 0 spiro atoms. The summed E-state index contributed by atoms with van der Waals surface area (Å²) in [5, 5.41) is 10.4. The van der Waals surface area contributed by atoms with Crippen LogP contribution < -0.4 is 0 Å². The van der Waals surface area contributed by atoms with Crippen molar-refractivity contribution in [2.75, 3.05) is 0 Å². The van der Waals surface area contributed by atoms with E-state index < -0.39 is 0 Å². The maximum absolute atomic E-state index is 15.0. The SMILES string of the molecule is CCCc1ccc(CCc2ccc3c(F)c(C#Cc4ccc(C#N)cc4)ccc3c2)cc1. The molecular weight excluding hydrogens is 393 g/mol. The standard InChI is InChI=1S/C30H24FN/c1-2-3-22-4-6-23(7-5-22)8-11-25-15-19-29-28(20-25)18-17-27(30(29)31)16-14-24-9-12-26(21-32)13-10-24/h4-7,9-10,12-13,15,17-20H,2-3,8,11H2,1H3. The van der Waals surface area contributed by atoms with Gasteiger partial charge in [-0.3, -0.25) is 0 Å². The first-order chi connectivity index (χ1) is 15.7. The largest absolute Gasteiger partial charge is 0.205 e. The summed E-state index contributed by atoms with van der Waals surface area (Å²) in [6, 6.07) is 27.5. The van der Waals surface area contributed by atoms with Crippen molar-refractivity contribution in [1.82, 2.24) is 0 Å². The van der Waals surface area contributed by atoms with E-state index in [1.807, 2.05) is 18.2 Å². The smallest absolute Gasteiger partial charge is 0.146 e. The van der Waals surface area contributed by atoms with E-state index in [9.17, 15) is 0 Å². The second-order valence-corrected chi connectivity index (χ2v) is 7.99. The molecule has 0 aromatic heterocycles. The molecule has 0 N–H and O–H groups in total. The van der Waals surface area contributed by atoms with Crippen LogP contribution in [0.1, 0.15) is 46.7 Å². The third kappa shape index (κ3) is 5.05. The molecule has 0 aliphatic rings. The van der Waals surface area contributed by atoms with Gasteiger partial charge in [0.05, 0.1) is 17.2 Å². The molecule has 0 aliphatic carbocycles. The van der Waals surface area contributed by atoms with Crippen LogP contribution in [0.2, 0.25) is 0 Å². The van der Waals surface area contributed by atoms with Gasteiger partial charge in [-0.05, 0) is 71.7 Å².